The molecule has 0 spiro atoms. The summed E-state index contributed by atoms with van der Waals surface area (Å²) in [6, 6.07) is 14.6. The van der Waals surface area contributed by atoms with Crippen LogP contribution in [0.2, 0.25) is 0 Å². The van der Waals surface area contributed by atoms with Crippen LogP contribution in [0.15, 0.2) is 66.6 Å². The van der Waals surface area contributed by atoms with E-state index in [1.807, 2.05) is 30.3 Å². The second-order valence-electron chi connectivity index (χ2n) is 10.7. The minimum atomic E-state index is 0.0983. The SMILES string of the molecule is C=C(O)c1ccc(/C=C/c2cc3c(cc2CCCSc2ncccn2)C(C)(C)CCC3(C)C)cc1. The standard InChI is InChI=1S/C31H36N2OS/c1-22(34)24-12-9-23(10-13-24)11-14-26-21-28-27(30(2,3)15-16-31(28,4)5)20-25(26)8-6-19-35-29-32-17-7-18-33-29/h7,9-14,17-18,20-21,34H,1,6,8,15-16,19H2,2-5H3/b14-11+. The zero-order valence-corrected chi connectivity index (χ0v) is 22.2. The lowest BCUT2D eigenvalue weighted by Gasteiger charge is -2.42. The molecular weight excluding hydrogens is 448 g/mol. The Hall–Kier alpha value is -2.85. The van der Waals surface area contributed by atoms with E-state index < -0.39 is 0 Å². The number of rotatable bonds is 8. The molecule has 1 aliphatic carbocycles. The fourth-order valence-corrected chi connectivity index (χ4v) is 5.55. The summed E-state index contributed by atoms with van der Waals surface area (Å²) in [4.78, 5) is 8.67. The van der Waals surface area contributed by atoms with Crippen LogP contribution in [0.4, 0.5) is 0 Å². The second-order valence-corrected chi connectivity index (χ2v) is 11.8. The Labute approximate surface area is 214 Å². The van der Waals surface area contributed by atoms with E-state index in [4.69, 9.17) is 0 Å². The maximum Gasteiger partial charge on any atom is 0.187 e. The number of benzene rings is 2. The molecule has 1 aromatic heterocycles. The molecule has 1 heterocycles. The van der Waals surface area contributed by atoms with Crippen molar-refractivity contribution in [3.63, 3.8) is 0 Å². The van der Waals surface area contributed by atoms with Gasteiger partial charge in [-0.25, -0.2) is 9.97 Å². The monoisotopic (exact) mass is 484 g/mol. The Balaban J connectivity index is 1.62. The normalized spacial score (nSPS) is 16.2. The van der Waals surface area contributed by atoms with Crippen LogP contribution in [-0.4, -0.2) is 20.8 Å². The van der Waals surface area contributed by atoms with Crippen molar-refractivity contribution in [1.82, 2.24) is 9.97 Å². The summed E-state index contributed by atoms with van der Waals surface area (Å²) >= 11 is 1.72. The molecule has 1 aliphatic rings. The zero-order valence-electron chi connectivity index (χ0n) is 21.3. The quantitative estimate of drug-likeness (QED) is 0.115. The van der Waals surface area contributed by atoms with Gasteiger partial charge in [-0.15, -0.1) is 0 Å². The molecule has 0 aliphatic heterocycles. The fraction of sp³-hybridized carbons (Fsp3) is 0.355. The highest BCUT2D eigenvalue weighted by Gasteiger charge is 2.37. The largest absolute Gasteiger partial charge is 0.508 e. The third kappa shape index (κ3) is 6.05. The van der Waals surface area contributed by atoms with E-state index in [2.05, 4.69) is 68.5 Å². The third-order valence-corrected chi connectivity index (χ3v) is 8.14. The summed E-state index contributed by atoms with van der Waals surface area (Å²) in [6.07, 6.45) is 12.5. The predicted octanol–water partition coefficient (Wildman–Crippen LogP) is 8.25. The number of aliphatic hydroxyl groups is 1. The molecule has 0 saturated heterocycles. The first-order valence-electron chi connectivity index (χ1n) is 12.4. The van der Waals surface area contributed by atoms with Gasteiger partial charge in [-0.05, 0) is 70.4 Å². The van der Waals surface area contributed by atoms with Crippen LogP contribution in [0.1, 0.15) is 80.3 Å². The van der Waals surface area contributed by atoms with Crippen LogP contribution in [0.5, 0.6) is 0 Å². The maximum atomic E-state index is 9.62. The van der Waals surface area contributed by atoms with Crippen LogP contribution in [0, 0.1) is 0 Å². The van der Waals surface area contributed by atoms with Gasteiger partial charge in [0.05, 0.1) is 0 Å². The molecule has 4 rings (SSSR count). The molecule has 0 atom stereocenters. The lowest BCUT2D eigenvalue weighted by Crippen LogP contribution is -2.34. The van der Waals surface area contributed by atoms with Crippen molar-refractivity contribution >= 4 is 29.7 Å². The van der Waals surface area contributed by atoms with Gasteiger partial charge in [0.1, 0.15) is 5.76 Å². The summed E-state index contributed by atoms with van der Waals surface area (Å²) in [5.74, 6) is 1.09. The average Bonchev–Trinajstić information content (AvgIpc) is 2.84. The number of nitrogens with zero attached hydrogens (tertiary/aromatic N) is 2. The van der Waals surface area contributed by atoms with Gasteiger partial charge in [-0.1, -0.05) is 94.6 Å². The first-order valence-corrected chi connectivity index (χ1v) is 13.4. The maximum absolute atomic E-state index is 9.62. The summed E-state index contributed by atoms with van der Waals surface area (Å²) in [7, 11) is 0. The van der Waals surface area contributed by atoms with Crippen molar-refractivity contribution in [3.8, 4) is 0 Å². The molecule has 0 saturated carbocycles. The molecule has 0 unspecified atom stereocenters. The van der Waals surface area contributed by atoms with E-state index in [0.717, 1.165) is 34.9 Å². The number of aliphatic hydroxyl groups excluding tert-OH is 1. The van der Waals surface area contributed by atoms with Crippen LogP contribution >= 0.6 is 11.8 Å². The topological polar surface area (TPSA) is 46.0 Å². The van der Waals surface area contributed by atoms with Crippen LogP contribution in [0.3, 0.4) is 0 Å². The van der Waals surface area contributed by atoms with E-state index in [9.17, 15) is 5.11 Å². The van der Waals surface area contributed by atoms with E-state index in [1.54, 1.807) is 24.2 Å². The number of thioether (sulfide) groups is 1. The number of aromatic nitrogens is 2. The highest BCUT2D eigenvalue weighted by atomic mass is 32.2. The van der Waals surface area contributed by atoms with Crippen molar-refractivity contribution in [2.45, 2.75) is 69.4 Å². The molecule has 1 N–H and O–H groups in total. The minimum Gasteiger partial charge on any atom is -0.508 e. The third-order valence-electron chi connectivity index (χ3n) is 7.18. The smallest absolute Gasteiger partial charge is 0.187 e. The Bertz CT molecular complexity index is 1210. The van der Waals surface area contributed by atoms with Gasteiger partial charge in [-0.2, -0.15) is 0 Å². The molecule has 2 aromatic carbocycles. The van der Waals surface area contributed by atoms with Crippen molar-refractivity contribution in [2.75, 3.05) is 5.75 Å². The minimum absolute atomic E-state index is 0.0983. The number of aryl methyl sites for hydroxylation is 1. The van der Waals surface area contributed by atoms with Gasteiger partial charge >= 0.3 is 0 Å². The second kappa shape index (κ2) is 10.4. The summed E-state index contributed by atoms with van der Waals surface area (Å²) in [6.45, 7) is 13.1. The van der Waals surface area contributed by atoms with Crippen molar-refractivity contribution in [1.29, 1.82) is 0 Å². The Kier molecular flexibility index (Phi) is 7.51. The average molecular weight is 485 g/mol. The molecule has 35 heavy (non-hydrogen) atoms. The zero-order chi connectivity index (χ0) is 25.1. The lowest BCUT2D eigenvalue weighted by molar-refractivity contribution is 0.331. The van der Waals surface area contributed by atoms with Gasteiger partial charge in [0.25, 0.3) is 0 Å². The molecule has 3 aromatic rings. The lowest BCUT2D eigenvalue weighted by atomic mass is 9.62. The summed E-state index contributed by atoms with van der Waals surface area (Å²) in [5, 5.41) is 10.5. The van der Waals surface area contributed by atoms with Crippen molar-refractivity contribution in [2.24, 2.45) is 0 Å². The van der Waals surface area contributed by atoms with E-state index in [1.165, 1.54) is 35.1 Å². The van der Waals surface area contributed by atoms with Crippen molar-refractivity contribution in [3.05, 3.63) is 94.8 Å². The molecule has 0 bridgehead atoms. The summed E-state index contributed by atoms with van der Waals surface area (Å²) in [5.41, 5.74) is 7.91. The number of hydrogen-bond acceptors (Lipinski definition) is 4. The molecule has 0 amide bonds. The Morgan fingerprint density at radius 2 is 1.60 bits per heavy atom. The van der Waals surface area contributed by atoms with Gasteiger partial charge < -0.3 is 5.11 Å². The predicted molar refractivity (Wildman–Crippen MR) is 150 cm³/mol. The van der Waals surface area contributed by atoms with Gasteiger partial charge in [0, 0.05) is 23.7 Å². The fourth-order valence-electron chi connectivity index (χ4n) is 4.81. The van der Waals surface area contributed by atoms with Gasteiger partial charge in [0.15, 0.2) is 5.16 Å². The number of fused-ring (bicyclic) bond motifs is 1. The molecule has 3 nitrogen and oxygen atoms in total. The summed E-state index contributed by atoms with van der Waals surface area (Å²) < 4.78 is 0. The van der Waals surface area contributed by atoms with Crippen LogP contribution in [-0.2, 0) is 17.3 Å². The first-order chi connectivity index (χ1) is 16.7. The van der Waals surface area contributed by atoms with Crippen LogP contribution < -0.4 is 0 Å². The molecule has 0 radical (unpaired) electrons. The van der Waals surface area contributed by atoms with Gasteiger partial charge in [-0.3, -0.25) is 0 Å². The molecular formula is C31H36N2OS. The molecule has 182 valence electrons. The van der Waals surface area contributed by atoms with Crippen LogP contribution in [0.25, 0.3) is 17.9 Å². The Morgan fingerprint density at radius 3 is 2.23 bits per heavy atom. The highest BCUT2D eigenvalue weighted by molar-refractivity contribution is 7.99. The first kappa shape index (κ1) is 25.2. The van der Waals surface area contributed by atoms with E-state index in [0.29, 0.717) is 0 Å². The molecule has 0 fully saturated rings. The molecule has 4 heteroatoms. The van der Waals surface area contributed by atoms with Crippen molar-refractivity contribution < 1.29 is 5.11 Å². The Morgan fingerprint density at radius 1 is 0.971 bits per heavy atom. The van der Waals surface area contributed by atoms with E-state index >= 15 is 0 Å². The van der Waals surface area contributed by atoms with E-state index in [-0.39, 0.29) is 16.6 Å². The highest BCUT2D eigenvalue weighted by Crippen LogP contribution is 2.47. The number of hydrogen-bond donors (Lipinski definition) is 1. The van der Waals surface area contributed by atoms with Gasteiger partial charge in [0.2, 0.25) is 0 Å².